The van der Waals surface area contributed by atoms with Crippen LogP contribution in [0.1, 0.15) is 21.9 Å². The number of anilines is 1. The Hall–Kier alpha value is -2.51. The molecule has 1 N–H and O–H groups in total. The normalized spacial score (nSPS) is 19.5. The van der Waals surface area contributed by atoms with E-state index in [-0.39, 0.29) is 23.2 Å². The Morgan fingerprint density at radius 1 is 1.21 bits per heavy atom. The van der Waals surface area contributed by atoms with Crippen molar-refractivity contribution < 1.29 is 9.53 Å². The van der Waals surface area contributed by atoms with Gasteiger partial charge in [0.05, 0.1) is 11.6 Å². The summed E-state index contributed by atoms with van der Waals surface area (Å²) in [6, 6.07) is 15.7. The number of carbonyl (C=O) groups excluding carboxylic acids is 1. The van der Waals surface area contributed by atoms with Crippen molar-refractivity contribution in [3.8, 4) is 5.75 Å². The fourth-order valence-corrected chi connectivity index (χ4v) is 6.66. The van der Waals surface area contributed by atoms with Gasteiger partial charge in [0.15, 0.2) is 0 Å². The lowest BCUT2D eigenvalue weighted by Gasteiger charge is -2.36. The van der Waals surface area contributed by atoms with Crippen LogP contribution in [0.2, 0.25) is 0 Å². The van der Waals surface area contributed by atoms with Crippen LogP contribution in [0.4, 0.5) is 5.69 Å². The molecule has 2 atom stereocenters. The summed E-state index contributed by atoms with van der Waals surface area (Å²) in [6.45, 7) is 2.69. The number of para-hydroxylation sites is 1. The fourth-order valence-electron chi connectivity index (χ4n) is 3.97. The first-order chi connectivity index (χ1) is 14.1. The lowest BCUT2D eigenvalue weighted by molar-refractivity contribution is -0.116. The number of rotatable bonds is 3. The average Bonchev–Trinajstić information content (AvgIpc) is 3.04. The van der Waals surface area contributed by atoms with Crippen LogP contribution in [-0.2, 0) is 11.3 Å². The van der Waals surface area contributed by atoms with Gasteiger partial charge in [0.2, 0.25) is 5.91 Å². The molecule has 0 fully saturated rings. The minimum absolute atomic E-state index is 0.0288. The van der Waals surface area contributed by atoms with Crippen molar-refractivity contribution in [3.05, 3.63) is 74.2 Å². The number of aryl methyl sites for hydroxylation is 1. The second-order valence-corrected chi connectivity index (χ2v) is 9.44. The van der Waals surface area contributed by atoms with Crippen molar-refractivity contribution >= 4 is 34.7 Å². The van der Waals surface area contributed by atoms with E-state index in [9.17, 15) is 9.59 Å². The smallest absolute Gasteiger partial charge is 0.308 e. The highest BCUT2D eigenvalue weighted by atomic mass is 32.2. The number of hydrogen-bond acceptors (Lipinski definition) is 5. The van der Waals surface area contributed by atoms with E-state index < -0.39 is 0 Å². The van der Waals surface area contributed by atoms with Crippen LogP contribution in [0, 0.1) is 12.8 Å². The lowest BCUT2D eigenvalue weighted by Crippen LogP contribution is -2.31. The number of thioether (sulfide) groups is 1. The number of nitrogens with zero attached hydrogens (tertiary/aromatic N) is 1. The highest BCUT2D eigenvalue weighted by molar-refractivity contribution is 7.99. The number of thiazole rings is 1. The maximum absolute atomic E-state index is 12.8. The number of ether oxygens (including phenoxy) is 1. The van der Waals surface area contributed by atoms with Gasteiger partial charge < -0.3 is 10.1 Å². The molecule has 0 saturated heterocycles. The molecule has 2 aliphatic heterocycles. The molecular weight excluding hydrogens is 404 g/mol. The van der Waals surface area contributed by atoms with Crippen LogP contribution < -0.4 is 14.9 Å². The van der Waals surface area contributed by atoms with Gasteiger partial charge in [-0.2, -0.15) is 0 Å². The molecule has 0 saturated carbocycles. The van der Waals surface area contributed by atoms with Crippen molar-refractivity contribution in [2.45, 2.75) is 24.4 Å². The maximum atomic E-state index is 12.8. The van der Waals surface area contributed by atoms with E-state index in [2.05, 4.69) is 11.4 Å². The van der Waals surface area contributed by atoms with Crippen molar-refractivity contribution in [3.63, 3.8) is 0 Å². The SMILES string of the molecule is Cc1ccc(NC(=O)Cn2c3c(sc2=O)[C@H]2c4ccccc4OC[C@H]2CS3)cc1. The largest absolute Gasteiger partial charge is 0.493 e. The predicted octanol–water partition coefficient (Wildman–Crippen LogP) is 4.10. The number of benzene rings is 2. The van der Waals surface area contributed by atoms with Crippen molar-refractivity contribution in [1.29, 1.82) is 0 Å². The molecule has 7 heteroatoms. The van der Waals surface area contributed by atoms with Crippen molar-refractivity contribution in [1.82, 2.24) is 4.57 Å². The summed E-state index contributed by atoms with van der Waals surface area (Å²) < 4.78 is 7.55. The number of hydrogen-bond donors (Lipinski definition) is 1. The van der Waals surface area contributed by atoms with Gasteiger partial charge >= 0.3 is 4.87 Å². The minimum Gasteiger partial charge on any atom is -0.493 e. The molecule has 148 valence electrons. The van der Waals surface area contributed by atoms with Crippen molar-refractivity contribution in [2.75, 3.05) is 17.7 Å². The zero-order chi connectivity index (χ0) is 20.0. The van der Waals surface area contributed by atoms with E-state index in [1.807, 2.05) is 49.4 Å². The predicted molar refractivity (Wildman–Crippen MR) is 116 cm³/mol. The van der Waals surface area contributed by atoms with Gasteiger partial charge in [-0.1, -0.05) is 47.2 Å². The zero-order valence-electron chi connectivity index (χ0n) is 15.9. The number of fused-ring (bicyclic) bond motifs is 5. The molecular formula is C22H20N2O3S2. The molecule has 0 radical (unpaired) electrons. The van der Waals surface area contributed by atoms with E-state index in [4.69, 9.17) is 4.74 Å². The summed E-state index contributed by atoms with van der Waals surface area (Å²) in [5.41, 5.74) is 3.01. The third kappa shape index (κ3) is 3.38. The Morgan fingerprint density at radius 2 is 2.00 bits per heavy atom. The number of aromatic nitrogens is 1. The molecule has 2 aromatic carbocycles. The van der Waals surface area contributed by atoms with Crippen LogP contribution >= 0.6 is 23.1 Å². The first-order valence-corrected chi connectivity index (χ1v) is 11.3. The summed E-state index contributed by atoms with van der Waals surface area (Å²) in [5, 5.41) is 3.82. The summed E-state index contributed by atoms with van der Waals surface area (Å²) in [4.78, 5) is 26.4. The second kappa shape index (κ2) is 7.39. The summed E-state index contributed by atoms with van der Waals surface area (Å²) in [7, 11) is 0. The summed E-state index contributed by atoms with van der Waals surface area (Å²) in [5.74, 6) is 2.09. The van der Waals surface area contributed by atoms with E-state index in [1.165, 1.54) is 11.3 Å². The number of amides is 1. The quantitative estimate of drug-likeness (QED) is 0.688. The Labute approximate surface area is 176 Å². The number of carbonyl (C=O) groups is 1. The highest BCUT2D eigenvalue weighted by Gasteiger charge is 2.39. The molecule has 3 aromatic rings. The molecule has 0 aliphatic carbocycles. The van der Waals surface area contributed by atoms with E-state index in [1.54, 1.807) is 16.3 Å². The molecule has 0 unspecified atom stereocenters. The monoisotopic (exact) mass is 424 g/mol. The molecule has 5 rings (SSSR count). The maximum Gasteiger partial charge on any atom is 0.308 e. The van der Waals surface area contributed by atoms with Gasteiger partial charge in [-0.15, -0.1) is 11.8 Å². The van der Waals surface area contributed by atoms with E-state index in [0.717, 1.165) is 38.2 Å². The Morgan fingerprint density at radius 3 is 2.83 bits per heavy atom. The summed E-state index contributed by atoms with van der Waals surface area (Å²) in [6.07, 6.45) is 0. The first kappa shape index (κ1) is 18.5. The Balaban J connectivity index is 1.44. The van der Waals surface area contributed by atoms with Crippen LogP contribution in [0.15, 0.2) is 58.4 Å². The second-order valence-electron chi connectivity index (χ2n) is 7.44. The number of nitrogens with one attached hydrogen (secondary N) is 1. The van der Waals surface area contributed by atoms with Gasteiger partial charge in [-0.3, -0.25) is 14.2 Å². The molecule has 0 spiro atoms. The highest BCUT2D eigenvalue weighted by Crippen LogP contribution is 2.50. The van der Waals surface area contributed by atoms with Crippen LogP contribution in [0.5, 0.6) is 5.75 Å². The van der Waals surface area contributed by atoms with Crippen LogP contribution in [-0.4, -0.2) is 22.8 Å². The Bertz CT molecular complexity index is 1130. The zero-order valence-corrected chi connectivity index (χ0v) is 17.5. The third-order valence-electron chi connectivity index (χ3n) is 5.41. The minimum atomic E-state index is -0.188. The molecule has 0 bridgehead atoms. The lowest BCUT2D eigenvalue weighted by atomic mass is 9.84. The fraction of sp³-hybridized carbons (Fsp3) is 0.273. The molecule has 1 aromatic heterocycles. The van der Waals surface area contributed by atoms with Gasteiger partial charge in [0.25, 0.3) is 0 Å². The molecule has 2 aliphatic rings. The van der Waals surface area contributed by atoms with Crippen LogP contribution in [0.3, 0.4) is 0 Å². The first-order valence-electron chi connectivity index (χ1n) is 9.54. The van der Waals surface area contributed by atoms with Gasteiger partial charge in [-0.25, -0.2) is 0 Å². The van der Waals surface area contributed by atoms with E-state index in [0.29, 0.717) is 12.5 Å². The average molecular weight is 425 g/mol. The molecule has 3 heterocycles. The van der Waals surface area contributed by atoms with E-state index >= 15 is 0 Å². The molecule has 5 nitrogen and oxygen atoms in total. The van der Waals surface area contributed by atoms with Gasteiger partial charge in [0.1, 0.15) is 12.3 Å². The van der Waals surface area contributed by atoms with Gasteiger partial charge in [-0.05, 0) is 25.1 Å². The molecule has 1 amide bonds. The van der Waals surface area contributed by atoms with Crippen LogP contribution in [0.25, 0.3) is 0 Å². The standard InChI is InChI=1S/C22H20N2O3S2/c1-13-6-8-15(9-7-13)23-18(25)10-24-21-20(29-22(24)26)19-14(12-28-21)11-27-17-5-3-2-4-16(17)19/h2-9,14,19H,10-12H2,1H3,(H,23,25)/t14-,19+/m0/s1. The van der Waals surface area contributed by atoms with Gasteiger partial charge in [0, 0.05) is 33.7 Å². The Kier molecular flexibility index (Phi) is 4.72. The molecule has 29 heavy (non-hydrogen) atoms. The van der Waals surface area contributed by atoms with Crippen molar-refractivity contribution in [2.24, 2.45) is 5.92 Å². The third-order valence-corrected chi connectivity index (χ3v) is 7.91. The summed E-state index contributed by atoms with van der Waals surface area (Å²) >= 11 is 2.93. The topological polar surface area (TPSA) is 60.3 Å².